The fourth-order valence-corrected chi connectivity index (χ4v) is 4.86. The van der Waals surface area contributed by atoms with E-state index >= 15 is 0 Å². The van der Waals surface area contributed by atoms with Crippen LogP contribution in [0, 0.1) is 11.7 Å². The number of hydrogen-bond donors (Lipinski definition) is 0. The van der Waals surface area contributed by atoms with Gasteiger partial charge in [0.15, 0.2) is 11.6 Å². The number of ketones is 1. The van der Waals surface area contributed by atoms with Crippen molar-refractivity contribution < 1.29 is 23.5 Å². The van der Waals surface area contributed by atoms with Crippen LogP contribution in [-0.4, -0.2) is 47.9 Å². The van der Waals surface area contributed by atoms with E-state index in [1.165, 1.54) is 17.4 Å². The first-order valence-electron chi connectivity index (χ1n) is 10.8. The van der Waals surface area contributed by atoms with Crippen LogP contribution in [0.15, 0.2) is 36.5 Å². The van der Waals surface area contributed by atoms with E-state index in [2.05, 4.69) is 4.98 Å². The number of hydrogen-bond acceptors (Lipinski definition) is 6. The number of ether oxygens (including phenoxy) is 2. The van der Waals surface area contributed by atoms with Crippen LogP contribution in [0.1, 0.15) is 34.5 Å². The summed E-state index contributed by atoms with van der Waals surface area (Å²) < 4.78 is 26.6. The molecule has 0 bridgehead atoms. The smallest absolute Gasteiger partial charge is 0.264 e. The quantitative estimate of drug-likeness (QED) is 0.521. The zero-order valence-electron chi connectivity index (χ0n) is 17.5. The summed E-state index contributed by atoms with van der Waals surface area (Å²) in [5.41, 5.74) is 1.28. The Labute approximate surface area is 189 Å². The number of aromatic nitrogens is 1. The Bertz CT molecular complexity index is 1170. The summed E-state index contributed by atoms with van der Waals surface area (Å²) in [5, 5.41) is 0. The summed E-state index contributed by atoms with van der Waals surface area (Å²) in [5.74, 6) is 0.603. The van der Waals surface area contributed by atoms with Crippen molar-refractivity contribution in [1.29, 1.82) is 0 Å². The molecule has 0 atom stereocenters. The van der Waals surface area contributed by atoms with Crippen molar-refractivity contribution in [3.8, 4) is 11.5 Å². The number of rotatable bonds is 7. The van der Waals surface area contributed by atoms with E-state index in [0.717, 1.165) is 12.8 Å². The molecule has 1 saturated heterocycles. The number of carbonyl (C=O) groups excluding carboxylic acids is 2. The number of pyridine rings is 1. The van der Waals surface area contributed by atoms with Gasteiger partial charge >= 0.3 is 0 Å². The molecule has 1 aliphatic carbocycles. The van der Waals surface area contributed by atoms with Crippen LogP contribution in [0.3, 0.4) is 0 Å². The van der Waals surface area contributed by atoms with Gasteiger partial charge in [-0.1, -0.05) is 6.07 Å². The summed E-state index contributed by atoms with van der Waals surface area (Å²) in [6, 6.07) is 8.04. The van der Waals surface area contributed by atoms with E-state index in [0.29, 0.717) is 65.0 Å². The normalized spacial score (nSPS) is 16.3. The lowest BCUT2D eigenvalue weighted by Gasteiger charge is -2.26. The van der Waals surface area contributed by atoms with Crippen molar-refractivity contribution in [2.24, 2.45) is 5.92 Å². The Balaban J connectivity index is 1.33. The predicted molar refractivity (Wildman–Crippen MR) is 119 cm³/mol. The predicted octanol–water partition coefficient (Wildman–Crippen LogP) is 4.61. The molecule has 1 saturated carbocycles. The topological polar surface area (TPSA) is 68.7 Å². The number of thiophene rings is 1. The summed E-state index contributed by atoms with van der Waals surface area (Å²) >= 11 is 1.29. The first-order valence-corrected chi connectivity index (χ1v) is 11.6. The van der Waals surface area contributed by atoms with Gasteiger partial charge in [0.05, 0.1) is 28.3 Å². The second-order valence-corrected chi connectivity index (χ2v) is 9.32. The zero-order chi connectivity index (χ0) is 22.1. The molecule has 1 aromatic carbocycles. The van der Waals surface area contributed by atoms with Crippen LogP contribution >= 0.6 is 11.3 Å². The first kappa shape index (κ1) is 21.0. The SMILES string of the molecule is O=C(Cc1ccc(Oc2ccnc3cc(C(=O)N4CCOCC4)sc23)c(F)c1)CC1CC1. The monoisotopic (exact) mass is 454 g/mol. The molecule has 0 N–H and O–H groups in total. The Hall–Kier alpha value is -2.84. The van der Waals surface area contributed by atoms with Crippen LogP contribution < -0.4 is 4.74 Å². The highest BCUT2D eigenvalue weighted by Gasteiger charge is 2.25. The van der Waals surface area contributed by atoms with Crippen molar-refractivity contribution >= 4 is 33.2 Å². The summed E-state index contributed by atoms with van der Waals surface area (Å²) in [4.78, 5) is 31.5. The number of nitrogens with zero attached hydrogens (tertiary/aromatic N) is 2. The molecule has 2 aliphatic rings. The van der Waals surface area contributed by atoms with E-state index in [-0.39, 0.29) is 23.9 Å². The highest BCUT2D eigenvalue weighted by molar-refractivity contribution is 7.21. The van der Waals surface area contributed by atoms with Gasteiger partial charge in [0, 0.05) is 38.2 Å². The Morgan fingerprint density at radius 2 is 1.97 bits per heavy atom. The number of amides is 1. The summed E-state index contributed by atoms with van der Waals surface area (Å²) in [7, 11) is 0. The summed E-state index contributed by atoms with van der Waals surface area (Å²) in [6.45, 7) is 2.19. The zero-order valence-corrected chi connectivity index (χ0v) is 18.3. The minimum absolute atomic E-state index is 0.0614. The van der Waals surface area contributed by atoms with Gasteiger partial charge in [0.2, 0.25) is 0 Å². The maximum Gasteiger partial charge on any atom is 0.264 e. The van der Waals surface area contributed by atoms with Gasteiger partial charge in [-0.15, -0.1) is 11.3 Å². The van der Waals surface area contributed by atoms with Gasteiger partial charge < -0.3 is 14.4 Å². The van der Waals surface area contributed by atoms with Crippen LogP contribution in [0.25, 0.3) is 10.2 Å². The fourth-order valence-electron chi connectivity index (χ4n) is 3.82. The number of halogens is 1. The highest BCUT2D eigenvalue weighted by atomic mass is 32.1. The number of carbonyl (C=O) groups is 2. The lowest BCUT2D eigenvalue weighted by Crippen LogP contribution is -2.40. The maximum absolute atomic E-state index is 14.7. The van der Waals surface area contributed by atoms with E-state index in [1.807, 2.05) is 0 Å². The fraction of sp³-hybridized carbons (Fsp3) is 0.375. The molecule has 2 fully saturated rings. The molecule has 2 aromatic heterocycles. The second kappa shape index (κ2) is 8.96. The van der Waals surface area contributed by atoms with Gasteiger partial charge in [-0.05, 0) is 42.5 Å². The van der Waals surface area contributed by atoms with Crippen molar-refractivity contribution in [2.45, 2.75) is 25.7 Å². The number of Topliss-reactive ketones (excluding diaryl/α,β-unsaturated/α-hetero) is 1. The number of benzene rings is 1. The molecular formula is C24H23FN2O4S. The highest BCUT2D eigenvalue weighted by Crippen LogP contribution is 2.36. The largest absolute Gasteiger partial charge is 0.453 e. The third kappa shape index (κ3) is 4.66. The van der Waals surface area contributed by atoms with E-state index in [9.17, 15) is 14.0 Å². The number of fused-ring (bicyclic) bond motifs is 1. The van der Waals surface area contributed by atoms with Gasteiger partial charge in [0.1, 0.15) is 11.5 Å². The van der Waals surface area contributed by atoms with E-state index < -0.39 is 5.82 Å². The molecule has 32 heavy (non-hydrogen) atoms. The molecule has 3 heterocycles. The molecule has 0 spiro atoms. The maximum atomic E-state index is 14.7. The number of morpholine rings is 1. The minimum Gasteiger partial charge on any atom is -0.453 e. The third-order valence-electron chi connectivity index (χ3n) is 5.72. The standard InChI is InChI=1S/C24H23FN2O4S/c25-18-13-16(12-17(28)11-15-1-2-15)3-4-20(18)31-21-5-6-26-19-14-22(32-23(19)21)24(29)27-7-9-30-10-8-27/h3-6,13-15H,1-2,7-12H2. The second-order valence-electron chi connectivity index (χ2n) is 8.27. The Morgan fingerprint density at radius 3 is 2.72 bits per heavy atom. The Kier molecular flexibility index (Phi) is 5.89. The van der Waals surface area contributed by atoms with Crippen molar-refractivity contribution in [3.05, 3.63) is 52.8 Å². The average molecular weight is 455 g/mol. The molecule has 166 valence electrons. The van der Waals surface area contributed by atoms with Crippen molar-refractivity contribution in [3.63, 3.8) is 0 Å². The molecular weight excluding hydrogens is 431 g/mol. The van der Waals surface area contributed by atoms with Crippen LogP contribution in [0.4, 0.5) is 4.39 Å². The van der Waals surface area contributed by atoms with Crippen LogP contribution in [-0.2, 0) is 16.0 Å². The lowest BCUT2D eigenvalue weighted by molar-refractivity contribution is -0.118. The van der Waals surface area contributed by atoms with E-state index in [4.69, 9.17) is 9.47 Å². The minimum atomic E-state index is -0.521. The molecule has 8 heteroatoms. The van der Waals surface area contributed by atoms with Crippen molar-refractivity contribution in [1.82, 2.24) is 9.88 Å². The third-order valence-corrected chi connectivity index (χ3v) is 6.84. The molecule has 0 unspecified atom stereocenters. The molecule has 0 radical (unpaired) electrons. The summed E-state index contributed by atoms with van der Waals surface area (Å²) in [6.07, 6.45) is 4.64. The van der Waals surface area contributed by atoms with Gasteiger partial charge in [0.25, 0.3) is 5.91 Å². The van der Waals surface area contributed by atoms with Gasteiger partial charge in [-0.3, -0.25) is 14.6 Å². The van der Waals surface area contributed by atoms with Gasteiger partial charge in [-0.2, -0.15) is 0 Å². The first-order chi connectivity index (χ1) is 15.6. The van der Waals surface area contributed by atoms with Crippen molar-refractivity contribution in [2.75, 3.05) is 26.3 Å². The molecule has 1 aliphatic heterocycles. The van der Waals surface area contributed by atoms with Crippen LogP contribution in [0.2, 0.25) is 0 Å². The molecule has 1 amide bonds. The molecule has 3 aromatic rings. The van der Waals surface area contributed by atoms with Gasteiger partial charge in [-0.25, -0.2) is 4.39 Å². The van der Waals surface area contributed by atoms with Crippen LogP contribution in [0.5, 0.6) is 11.5 Å². The Morgan fingerprint density at radius 1 is 1.16 bits per heavy atom. The molecule has 6 nitrogen and oxygen atoms in total. The average Bonchev–Trinajstić information content (AvgIpc) is 3.49. The van der Waals surface area contributed by atoms with E-state index in [1.54, 1.807) is 35.4 Å². The molecule has 5 rings (SSSR count). The lowest BCUT2D eigenvalue weighted by atomic mass is 10.0.